The maximum Gasteiger partial charge on any atom is 0.269 e. The molecule has 0 aliphatic heterocycles. The topological polar surface area (TPSA) is 84.6 Å². The van der Waals surface area contributed by atoms with E-state index in [1.54, 1.807) is 12.1 Å². The van der Waals surface area contributed by atoms with E-state index >= 15 is 4.21 Å². The highest BCUT2D eigenvalue weighted by molar-refractivity contribution is 7.92. The fraction of sp³-hybridized carbons (Fsp3) is 0.357. The molecule has 4 rings (SSSR count). The summed E-state index contributed by atoms with van der Waals surface area (Å²) in [4.78, 5) is 11.4. The number of non-ortho nitro benzene ring substituents is 1. The van der Waals surface area contributed by atoms with E-state index in [2.05, 4.69) is 49.8 Å². The molecule has 1 aliphatic rings. The van der Waals surface area contributed by atoms with Gasteiger partial charge in [0, 0.05) is 18.2 Å². The number of nitrogens with one attached hydrogen (secondary N) is 1. The fourth-order valence-corrected chi connectivity index (χ4v) is 14.0. The first-order chi connectivity index (χ1) is 17.2. The third kappa shape index (κ3) is 5.31. The lowest BCUT2D eigenvalue weighted by Gasteiger charge is -2.41. The van der Waals surface area contributed by atoms with Gasteiger partial charge >= 0.3 is 0 Å². The lowest BCUT2D eigenvalue weighted by Crippen LogP contribution is -2.64. The Hall–Kier alpha value is -2.81. The molecule has 1 atom stereocenters. The zero-order valence-corrected chi connectivity index (χ0v) is 23.0. The van der Waals surface area contributed by atoms with Crippen LogP contribution >= 0.6 is 0 Å². The maximum absolute atomic E-state index is 15.1. The van der Waals surface area contributed by atoms with Crippen molar-refractivity contribution in [2.24, 2.45) is 4.03 Å². The minimum Gasteiger partial charge on any atom is -0.258 e. The summed E-state index contributed by atoms with van der Waals surface area (Å²) < 4.78 is 24.1. The summed E-state index contributed by atoms with van der Waals surface area (Å²) in [6.45, 7) is 6.54. The quantitative estimate of drug-likeness (QED) is 0.242. The van der Waals surface area contributed by atoms with Crippen molar-refractivity contribution in [3.05, 3.63) is 95.0 Å². The maximum atomic E-state index is 15.1. The van der Waals surface area contributed by atoms with Crippen LogP contribution in [-0.2, 0) is 9.92 Å². The predicted molar refractivity (Wildman–Crippen MR) is 150 cm³/mol. The summed E-state index contributed by atoms with van der Waals surface area (Å²) in [6, 6.07) is 26.6. The van der Waals surface area contributed by atoms with E-state index in [-0.39, 0.29) is 16.8 Å². The molecule has 0 spiro atoms. The molecule has 1 unspecified atom stereocenters. The van der Waals surface area contributed by atoms with Gasteiger partial charge in [-0.1, -0.05) is 101 Å². The van der Waals surface area contributed by atoms with Crippen LogP contribution in [0.1, 0.15) is 52.9 Å². The molecule has 0 heterocycles. The van der Waals surface area contributed by atoms with E-state index in [1.165, 1.54) is 18.6 Å². The molecule has 8 heteroatoms. The molecule has 3 aromatic carbocycles. The minimum atomic E-state index is -3.13. The van der Waals surface area contributed by atoms with Crippen LogP contribution in [0.2, 0.25) is 5.04 Å². The number of hydrogen-bond acceptors (Lipinski definition) is 4. The molecule has 1 saturated carbocycles. The van der Waals surface area contributed by atoms with Crippen LogP contribution in [0.4, 0.5) is 5.69 Å². The lowest BCUT2D eigenvalue weighted by molar-refractivity contribution is -0.384. The van der Waals surface area contributed by atoms with Gasteiger partial charge in [-0.2, -0.15) is 0 Å². The van der Waals surface area contributed by atoms with Crippen LogP contribution in [-0.4, -0.2) is 23.4 Å². The molecule has 1 aliphatic carbocycles. The molecule has 0 saturated heterocycles. The van der Waals surface area contributed by atoms with Gasteiger partial charge in [-0.05, 0) is 40.4 Å². The second-order valence-corrected chi connectivity index (χ2v) is 17.1. The summed E-state index contributed by atoms with van der Waals surface area (Å²) in [6.07, 6.45) is 5.25. The average molecular weight is 522 g/mol. The highest BCUT2D eigenvalue weighted by Crippen LogP contribution is 2.38. The largest absolute Gasteiger partial charge is 0.269 e. The number of benzene rings is 3. The van der Waals surface area contributed by atoms with Gasteiger partial charge < -0.3 is 0 Å². The fourth-order valence-electron chi connectivity index (χ4n) is 5.17. The Labute approximate surface area is 215 Å². The van der Waals surface area contributed by atoms with Crippen LogP contribution in [0.15, 0.2) is 93.9 Å². The zero-order chi connectivity index (χ0) is 25.8. The van der Waals surface area contributed by atoms with Crippen molar-refractivity contribution in [1.82, 2.24) is 4.72 Å². The number of rotatable bonds is 7. The Bertz CT molecular complexity index is 1250. The molecule has 3 aromatic rings. The third-order valence-corrected chi connectivity index (χ3v) is 15.2. The summed E-state index contributed by atoms with van der Waals surface area (Å²) >= 11 is 0. The van der Waals surface area contributed by atoms with Crippen molar-refractivity contribution in [2.75, 3.05) is 0 Å². The number of nitro benzene ring substituents is 1. The Morgan fingerprint density at radius 3 is 1.81 bits per heavy atom. The highest BCUT2D eigenvalue weighted by atomic mass is 32.2. The summed E-state index contributed by atoms with van der Waals surface area (Å²) in [5, 5.41) is 13.2. The lowest BCUT2D eigenvalue weighted by atomic mass is 9.96. The molecule has 0 bridgehead atoms. The van der Waals surface area contributed by atoms with E-state index < -0.39 is 23.1 Å². The Morgan fingerprint density at radius 1 is 0.861 bits per heavy atom. The van der Waals surface area contributed by atoms with Gasteiger partial charge in [0.15, 0.2) is 0 Å². The molecule has 0 aromatic heterocycles. The number of hydrogen-bond donors (Lipinski definition) is 1. The molecular weight excluding hydrogens is 486 g/mol. The van der Waals surface area contributed by atoms with Gasteiger partial charge in [-0.3, -0.25) is 10.1 Å². The van der Waals surface area contributed by atoms with Crippen molar-refractivity contribution in [1.29, 1.82) is 0 Å². The molecule has 36 heavy (non-hydrogen) atoms. The van der Waals surface area contributed by atoms with Crippen LogP contribution in [0.25, 0.3) is 0 Å². The van der Waals surface area contributed by atoms with E-state index in [4.69, 9.17) is 4.03 Å². The zero-order valence-electron chi connectivity index (χ0n) is 21.2. The van der Waals surface area contributed by atoms with Crippen molar-refractivity contribution in [2.45, 2.75) is 68.9 Å². The molecule has 0 amide bonds. The van der Waals surface area contributed by atoms with Gasteiger partial charge in [0.1, 0.15) is 9.92 Å². The summed E-state index contributed by atoms with van der Waals surface area (Å²) in [5.41, 5.74) is -0.0244. The van der Waals surface area contributed by atoms with Crippen molar-refractivity contribution in [3.63, 3.8) is 0 Å². The Balaban J connectivity index is 2.03. The van der Waals surface area contributed by atoms with Gasteiger partial charge in [0.05, 0.1) is 9.82 Å². The predicted octanol–water partition coefficient (Wildman–Crippen LogP) is 5.82. The molecule has 1 fully saturated rings. The molecule has 190 valence electrons. The van der Waals surface area contributed by atoms with Crippen LogP contribution in [0.5, 0.6) is 0 Å². The SMILES string of the molecule is CC(C)(C)[Si](N=S(=O)(NC1CCCCC1)c1ccc([N+](=O)[O-])cc1)(c1ccccc1)c1ccccc1. The van der Waals surface area contributed by atoms with E-state index in [9.17, 15) is 10.1 Å². The summed E-state index contributed by atoms with van der Waals surface area (Å²) in [5.74, 6) is 0. The molecular formula is C28H35N3O3SSi. The van der Waals surface area contributed by atoms with Crippen molar-refractivity contribution in [3.8, 4) is 0 Å². The standard InChI is InChI=1S/C28H35N3O3SSi/c1-28(2,3)36(26-15-9-5-10-16-26,27-17-11-6-12-18-27)30-35(34,29-23-13-7-4-8-14-23)25-21-19-24(20-22-25)31(32)33/h5-6,9-12,15-23H,4,7-8,13-14H2,1-3H3,(H,29,30,34). The normalized spacial score (nSPS) is 16.8. The molecule has 1 N–H and O–H groups in total. The van der Waals surface area contributed by atoms with Gasteiger partial charge in [-0.15, -0.1) is 0 Å². The second-order valence-electron chi connectivity index (χ2n) is 10.5. The first kappa shape index (κ1) is 26.3. The number of nitrogens with zero attached hydrogens (tertiary/aromatic N) is 2. The van der Waals surface area contributed by atoms with Crippen LogP contribution in [0.3, 0.4) is 0 Å². The first-order valence-corrected chi connectivity index (χ1v) is 16.0. The van der Waals surface area contributed by atoms with Gasteiger partial charge in [-0.25, -0.2) is 13.0 Å². The average Bonchev–Trinajstić information content (AvgIpc) is 2.88. The van der Waals surface area contributed by atoms with E-state index in [1.807, 2.05) is 36.4 Å². The van der Waals surface area contributed by atoms with Crippen molar-refractivity contribution >= 4 is 34.2 Å². The van der Waals surface area contributed by atoms with Crippen LogP contribution < -0.4 is 15.1 Å². The monoisotopic (exact) mass is 521 g/mol. The highest BCUT2D eigenvalue weighted by Gasteiger charge is 2.50. The minimum absolute atomic E-state index is 0.0244. The molecule has 0 radical (unpaired) electrons. The second kappa shape index (κ2) is 10.7. The summed E-state index contributed by atoms with van der Waals surface area (Å²) in [7, 11) is -6.17. The van der Waals surface area contributed by atoms with Gasteiger partial charge in [0.25, 0.3) is 13.9 Å². The van der Waals surface area contributed by atoms with E-state index in [0.29, 0.717) is 4.90 Å². The van der Waals surface area contributed by atoms with E-state index in [0.717, 1.165) is 36.1 Å². The Kier molecular flexibility index (Phi) is 7.78. The first-order valence-electron chi connectivity index (χ1n) is 12.6. The molecule has 6 nitrogen and oxygen atoms in total. The van der Waals surface area contributed by atoms with Gasteiger partial charge in [0.2, 0.25) is 0 Å². The smallest absolute Gasteiger partial charge is 0.258 e. The Morgan fingerprint density at radius 2 is 1.36 bits per heavy atom. The van der Waals surface area contributed by atoms with Crippen molar-refractivity contribution < 1.29 is 9.13 Å². The number of nitro groups is 1. The van der Waals surface area contributed by atoms with Crippen LogP contribution in [0, 0.1) is 10.1 Å². The third-order valence-electron chi connectivity index (χ3n) is 7.03.